The molecule has 0 bridgehead atoms. The number of benzene rings is 3. The molecule has 5 heterocycles. The number of hydrogen-bond donors (Lipinski definition) is 13. The van der Waals surface area contributed by atoms with Gasteiger partial charge in [-0.15, -0.1) is 0 Å². The minimum Gasteiger partial charge on any atom is -0.504 e. The number of aliphatic hydroxyl groups excluding tert-OH is 12. The lowest BCUT2D eigenvalue weighted by atomic mass is 9.95. The van der Waals surface area contributed by atoms with Gasteiger partial charge in [-0.3, -0.25) is 9.59 Å². The van der Waals surface area contributed by atoms with E-state index in [-0.39, 0.29) is 39.7 Å². The number of hydrogen-bond acceptors (Lipinski definition) is 34. The van der Waals surface area contributed by atoms with E-state index >= 15 is 0 Å². The topological polar surface area (TPSA) is 496 Å². The summed E-state index contributed by atoms with van der Waals surface area (Å²) < 4.78 is 93.9. The Labute approximate surface area is 540 Å². The van der Waals surface area contributed by atoms with Gasteiger partial charge >= 0.3 is 29.8 Å². The molecule has 0 aromatic heterocycles. The van der Waals surface area contributed by atoms with Gasteiger partial charge in [-0.2, -0.15) is 0 Å². The average Bonchev–Trinajstić information content (AvgIpc) is 1.71. The van der Waals surface area contributed by atoms with E-state index in [0.717, 1.165) is 26.0 Å². The van der Waals surface area contributed by atoms with Gasteiger partial charge in [0.1, 0.15) is 117 Å². The predicted octanol–water partition coefficient (Wildman–Crippen LogP) is -4.28. The van der Waals surface area contributed by atoms with E-state index in [1.807, 2.05) is 0 Å². The molecular weight excluding hydrogens is 1280 g/mol. The van der Waals surface area contributed by atoms with Gasteiger partial charge in [0, 0.05) is 26.0 Å². The van der Waals surface area contributed by atoms with Crippen LogP contribution in [0, 0.1) is 0 Å². The van der Waals surface area contributed by atoms with Gasteiger partial charge in [-0.05, 0) is 66.6 Å². The second kappa shape index (κ2) is 32.8. The number of aliphatic hydroxyl groups is 12. The van der Waals surface area contributed by atoms with Crippen LogP contribution in [-0.4, -0.2) is 290 Å². The van der Waals surface area contributed by atoms with Gasteiger partial charge in [0.05, 0.1) is 39.1 Å². The van der Waals surface area contributed by atoms with Gasteiger partial charge in [0.15, 0.2) is 54.1 Å². The van der Waals surface area contributed by atoms with Gasteiger partial charge in [0.25, 0.3) is 0 Å². The molecule has 3 aromatic carbocycles. The first-order valence-electron chi connectivity index (χ1n) is 29.5. The van der Waals surface area contributed by atoms with Crippen molar-refractivity contribution in [3.05, 3.63) is 95.6 Å². The number of carbonyl (C=O) groups excluding carboxylic acids is 5. The standard InChI is InChI=1S/C61H76O34/c1-26-42(69)46(73)49(76)57(85-26)86-33-16-12-30(20-35(33)81-5)14-18-41(68)90-52-39(24-83-28(3)65)89-60(54(92-58-50(77)47(74)43(70)36(21-62)87-58)53(52)91-59-51(78)48(75)44(71)38(88-59)23-82-27(2)64)95-61(25-84-40(67)17-13-29-11-15-32(66)34(19-29)80-4)55(45(72)37(22-63)94-61)93-56(79)31-9-7-6-8-10-31/h6-20,26,36-39,42-55,57-60,62-63,66,69-78H,21-25H2,1-5H3/b17-13-,18-14-/t26-,36+,37+,38+,39-,42-,43+,44+,45+,46-,47+,48+,49-,50+,51-,52+,53+,54+,55+,57-,58-,59-,60-,61-/m1/s1. The lowest BCUT2D eigenvalue weighted by molar-refractivity contribution is -0.421. The summed E-state index contributed by atoms with van der Waals surface area (Å²) in [5, 5.41) is 142. The fourth-order valence-corrected chi connectivity index (χ4v) is 10.6. The van der Waals surface area contributed by atoms with Crippen molar-refractivity contribution in [2.45, 2.75) is 168 Å². The lowest BCUT2D eigenvalue weighted by Gasteiger charge is -2.50. The van der Waals surface area contributed by atoms with Crippen molar-refractivity contribution in [2.24, 2.45) is 0 Å². The molecule has 34 heteroatoms. The molecular formula is C61H76O34. The second-order valence-electron chi connectivity index (χ2n) is 22.3. The molecule has 0 aliphatic carbocycles. The maximum absolute atomic E-state index is 14.5. The third kappa shape index (κ3) is 17.5. The molecule has 5 fully saturated rings. The summed E-state index contributed by atoms with van der Waals surface area (Å²) in [5.74, 6) is -8.94. The van der Waals surface area contributed by atoms with E-state index in [2.05, 4.69) is 0 Å². The molecule has 0 spiro atoms. The Hall–Kier alpha value is -7.11. The highest BCUT2D eigenvalue weighted by atomic mass is 16.8. The third-order valence-electron chi connectivity index (χ3n) is 15.7. The zero-order valence-electron chi connectivity index (χ0n) is 51.4. The van der Waals surface area contributed by atoms with Crippen molar-refractivity contribution in [1.29, 1.82) is 0 Å². The Kier molecular flexibility index (Phi) is 25.4. The smallest absolute Gasteiger partial charge is 0.338 e. The molecule has 0 amide bonds. The molecule has 34 nitrogen and oxygen atoms in total. The van der Waals surface area contributed by atoms with Crippen LogP contribution in [0.5, 0.6) is 23.0 Å². The van der Waals surface area contributed by atoms with Crippen molar-refractivity contribution >= 4 is 42.0 Å². The van der Waals surface area contributed by atoms with Crippen LogP contribution in [0.1, 0.15) is 42.3 Å². The Balaban J connectivity index is 1.25. The SMILES string of the molecule is COc1cc(/C=C\C(=O)OC[C@]2(O[C@H]3O[C@H](COC(C)=O)[C@H](OC(=O)/C=C\c4ccc(O[C@H]5O[C@H](C)[C@@H](O)[C@@H](O)[C@H]5O)c(OC)c4)[C@H](O[C@H]4O[C@@H](COC(C)=O)[C@H](O)[C@H](O)[C@H]4O)[C@@H]3O[C@H]3O[C@@H](CO)[C@H](O)[C@H](O)[C@@H]3O)O[C@@H](CO)[C@H](O)[C@@H]2OC(=O)c2ccccc2)ccc1O. The Morgan fingerprint density at radius 3 is 1.66 bits per heavy atom. The van der Waals surface area contributed by atoms with Crippen molar-refractivity contribution in [3.63, 3.8) is 0 Å². The van der Waals surface area contributed by atoms with Crippen molar-refractivity contribution in [3.8, 4) is 23.0 Å². The molecule has 0 unspecified atom stereocenters. The van der Waals surface area contributed by atoms with Crippen molar-refractivity contribution in [2.75, 3.05) is 47.3 Å². The number of phenolic OH excluding ortho intramolecular Hbond substituents is 1. The van der Waals surface area contributed by atoms with Gasteiger partial charge in [-0.25, -0.2) is 14.4 Å². The van der Waals surface area contributed by atoms with Gasteiger partial charge in [0.2, 0.25) is 12.1 Å². The Morgan fingerprint density at radius 1 is 0.516 bits per heavy atom. The van der Waals surface area contributed by atoms with Crippen molar-refractivity contribution < 1.29 is 166 Å². The molecule has 24 atom stereocenters. The molecule has 8 rings (SSSR count). The molecule has 524 valence electrons. The van der Waals surface area contributed by atoms with Gasteiger partial charge < -0.3 is 142 Å². The van der Waals surface area contributed by atoms with Crippen LogP contribution < -0.4 is 14.2 Å². The summed E-state index contributed by atoms with van der Waals surface area (Å²) in [6.07, 6.45) is -42.1. The molecule has 0 saturated carbocycles. The van der Waals surface area contributed by atoms with E-state index in [9.17, 15) is 90.4 Å². The first-order chi connectivity index (χ1) is 45.2. The Morgan fingerprint density at radius 2 is 1.05 bits per heavy atom. The fraction of sp³-hybridized carbons (Fsp3) is 0.557. The normalized spacial score (nSPS) is 35.7. The third-order valence-corrected chi connectivity index (χ3v) is 15.7. The van der Waals surface area contributed by atoms with E-state index in [0.29, 0.717) is 0 Å². The zero-order chi connectivity index (χ0) is 69.2. The number of carbonyl (C=O) groups is 5. The lowest BCUT2D eigenvalue weighted by Crippen LogP contribution is -2.69. The maximum Gasteiger partial charge on any atom is 0.338 e. The maximum atomic E-state index is 14.5. The van der Waals surface area contributed by atoms with Gasteiger partial charge in [-0.1, -0.05) is 30.3 Å². The monoisotopic (exact) mass is 1350 g/mol. The first kappa shape index (κ1) is 73.7. The van der Waals surface area contributed by atoms with Crippen LogP contribution in [0.25, 0.3) is 12.2 Å². The molecule has 5 aliphatic heterocycles. The fourth-order valence-electron chi connectivity index (χ4n) is 10.6. The van der Waals surface area contributed by atoms with E-state index in [1.54, 1.807) is 6.07 Å². The minimum absolute atomic E-state index is 0.0141. The summed E-state index contributed by atoms with van der Waals surface area (Å²) >= 11 is 0. The van der Waals surface area contributed by atoms with E-state index < -0.39 is 210 Å². The van der Waals surface area contributed by atoms with Crippen LogP contribution >= 0.6 is 0 Å². The van der Waals surface area contributed by atoms with Crippen LogP contribution in [-0.2, 0) is 80.8 Å². The van der Waals surface area contributed by atoms with E-state index in [1.165, 1.54) is 94.0 Å². The largest absolute Gasteiger partial charge is 0.504 e. The highest BCUT2D eigenvalue weighted by Crippen LogP contribution is 2.43. The molecule has 3 aromatic rings. The summed E-state index contributed by atoms with van der Waals surface area (Å²) in [6, 6.07) is 15.1. The number of methoxy groups -OCH3 is 2. The predicted molar refractivity (Wildman–Crippen MR) is 309 cm³/mol. The summed E-state index contributed by atoms with van der Waals surface area (Å²) in [6.45, 7) is -1.85. The van der Waals surface area contributed by atoms with Crippen LogP contribution in [0.4, 0.5) is 0 Å². The number of phenols is 1. The molecule has 95 heavy (non-hydrogen) atoms. The molecule has 5 aliphatic rings. The highest BCUT2D eigenvalue weighted by molar-refractivity contribution is 5.90. The highest BCUT2D eigenvalue weighted by Gasteiger charge is 2.64. The number of ether oxygens (including phenoxy) is 16. The summed E-state index contributed by atoms with van der Waals surface area (Å²) in [7, 11) is 2.52. The molecule has 5 saturated heterocycles. The first-order valence-corrected chi connectivity index (χ1v) is 29.5. The van der Waals surface area contributed by atoms with E-state index in [4.69, 9.17) is 75.8 Å². The number of esters is 5. The average molecular weight is 1350 g/mol. The quantitative estimate of drug-likeness (QED) is 0.0217. The van der Waals surface area contributed by atoms with Crippen LogP contribution in [0.15, 0.2) is 78.9 Å². The van der Waals surface area contributed by atoms with Crippen molar-refractivity contribution in [1.82, 2.24) is 0 Å². The number of rotatable bonds is 25. The minimum atomic E-state index is -2.99. The van der Waals surface area contributed by atoms with Crippen LogP contribution in [0.3, 0.4) is 0 Å². The van der Waals surface area contributed by atoms with Crippen LogP contribution in [0.2, 0.25) is 0 Å². The molecule has 0 radical (unpaired) electrons. The summed E-state index contributed by atoms with van der Waals surface area (Å²) in [4.78, 5) is 67.3. The zero-order valence-corrected chi connectivity index (χ0v) is 51.4. The summed E-state index contributed by atoms with van der Waals surface area (Å²) in [5.41, 5.74) is 0.316. The number of aromatic hydroxyl groups is 1. The Bertz CT molecular complexity index is 3130. The second-order valence-corrected chi connectivity index (χ2v) is 22.3. The molecule has 13 N–H and O–H groups in total.